The molecule has 0 saturated carbocycles. The predicted molar refractivity (Wildman–Crippen MR) is 120 cm³/mol. The molecule has 29 heavy (non-hydrogen) atoms. The van der Waals surface area contributed by atoms with Crippen molar-refractivity contribution in [2.24, 2.45) is 10.1 Å². The topological polar surface area (TPSA) is 70.1 Å². The third kappa shape index (κ3) is 4.66. The van der Waals surface area contributed by atoms with Crippen molar-refractivity contribution < 1.29 is 10.2 Å². The molecule has 0 atom stereocenters. The highest BCUT2D eigenvalue weighted by atomic mass is 32.1. The summed E-state index contributed by atoms with van der Waals surface area (Å²) in [5.74, 6) is -0.00885. The van der Waals surface area contributed by atoms with Crippen molar-refractivity contribution in [2.75, 3.05) is 6.54 Å². The minimum Gasteiger partial charge on any atom is -0.508 e. The second kappa shape index (κ2) is 8.49. The molecule has 3 aromatic rings. The molecule has 6 heteroatoms. The SMILES string of the molecule is C=C(C)CN=c1scc(-c2ccc(C)c(C)c2)n1N=C(C)c1ccc(O)cc1O. The van der Waals surface area contributed by atoms with Gasteiger partial charge in [0.1, 0.15) is 11.5 Å². The minimum atomic E-state index is -0.0183. The quantitative estimate of drug-likeness (QED) is 0.462. The molecule has 1 aromatic heterocycles. The Balaban J connectivity index is 2.18. The molecule has 0 radical (unpaired) electrons. The van der Waals surface area contributed by atoms with E-state index < -0.39 is 0 Å². The van der Waals surface area contributed by atoms with Crippen LogP contribution in [0, 0.1) is 13.8 Å². The van der Waals surface area contributed by atoms with Gasteiger partial charge in [-0.1, -0.05) is 24.3 Å². The summed E-state index contributed by atoms with van der Waals surface area (Å²) in [5, 5.41) is 26.6. The number of nitrogens with zero attached hydrogens (tertiary/aromatic N) is 3. The van der Waals surface area contributed by atoms with Crippen molar-refractivity contribution >= 4 is 17.0 Å². The Morgan fingerprint density at radius 1 is 1.07 bits per heavy atom. The molecule has 0 aliphatic heterocycles. The zero-order chi connectivity index (χ0) is 21.1. The van der Waals surface area contributed by atoms with Gasteiger partial charge in [0.05, 0.1) is 18.0 Å². The van der Waals surface area contributed by atoms with E-state index in [0.717, 1.165) is 21.6 Å². The summed E-state index contributed by atoms with van der Waals surface area (Å²) in [6.45, 7) is 12.4. The molecule has 0 amide bonds. The summed E-state index contributed by atoms with van der Waals surface area (Å²) in [6.07, 6.45) is 0. The number of phenolic OH excluding ortho intramolecular Hbond substituents is 2. The van der Waals surface area contributed by atoms with Gasteiger partial charge < -0.3 is 10.2 Å². The van der Waals surface area contributed by atoms with E-state index in [1.807, 2.05) is 19.2 Å². The van der Waals surface area contributed by atoms with Crippen LogP contribution in [0.5, 0.6) is 11.5 Å². The molecule has 0 unspecified atom stereocenters. The smallest absolute Gasteiger partial charge is 0.206 e. The number of aromatic hydroxyl groups is 2. The number of thiazole rings is 1. The standard InChI is InChI=1S/C23H25N3O2S/c1-14(2)12-24-23-26(25-17(5)20-9-8-19(27)11-22(20)28)21(13-29-23)18-7-6-15(3)16(4)10-18/h6-11,13,27-28H,1,12H2,2-5H3. The summed E-state index contributed by atoms with van der Waals surface area (Å²) in [7, 11) is 0. The average molecular weight is 408 g/mol. The highest BCUT2D eigenvalue weighted by molar-refractivity contribution is 7.07. The fourth-order valence-electron chi connectivity index (χ4n) is 2.84. The molecule has 3 rings (SSSR count). The van der Waals surface area contributed by atoms with Crippen LogP contribution in [0.1, 0.15) is 30.5 Å². The van der Waals surface area contributed by atoms with E-state index in [4.69, 9.17) is 5.10 Å². The lowest BCUT2D eigenvalue weighted by molar-refractivity contribution is 0.450. The fraction of sp³-hybridized carbons (Fsp3) is 0.217. The van der Waals surface area contributed by atoms with Gasteiger partial charge in [0.15, 0.2) is 0 Å². The van der Waals surface area contributed by atoms with Gasteiger partial charge in [-0.15, -0.1) is 11.3 Å². The number of phenols is 2. The first kappa shape index (κ1) is 20.6. The minimum absolute atomic E-state index is 0.00945. The van der Waals surface area contributed by atoms with Crippen LogP contribution < -0.4 is 4.80 Å². The van der Waals surface area contributed by atoms with Crippen LogP contribution in [0.4, 0.5) is 0 Å². The average Bonchev–Trinajstić information content (AvgIpc) is 3.04. The second-order valence-corrected chi connectivity index (χ2v) is 8.01. The molecule has 0 aliphatic carbocycles. The number of hydrogen-bond acceptors (Lipinski definition) is 5. The Kier molecular flexibility index (Phi) is 6.03. The lowest BCUT2D eigenvalue weighted by atomic mass is 10.1. The predicted octanol–water partition coefficient (Wildman–Crippen LogP) is 4.99. The molecule has 5 nitrogen and oxygen atoms in total. The normalized spacial score (nSPS) is 12.4. The molecule has 0 aliphatic rings. The van der Waals surface area contributed by atoms with E-state index in [9.17, 15) is 10.2 Å². The maximum atomic E-state index is 10.2. The number of benzene rings is 2. The van der Waals surface area contributed by atoms with Gasteiger partial charge >= 0.3 is 0 Å². The Labute approximate surface area is 174 Å². The third-order valence-corrected chi connectivity index (χ3v) is 5.45. The largest absolute Gasteiger partial charge is 0.508 e. The molecule has 1 heterocycles. The fourth-order valence-corrected chi connectivity index (χ4v) is 3.67. The van der Waals surface area contributed by atoms with Gasteiger partial charge in [0.2, 0.25) is 4.80 Å². The Bertz CT molecular complexity index is 1170. The molecule has 0 spiro atoms. The third-order valence-electron chi connectivity index (χ3n) is 4.59. The molecule has 2 aromatic carbocycles. The maximum absolute atomic E-state index is 10.2. The first-order chi connectivity index (χ1) is 13.8. The molecule has 2 N–H and O–H groups in total. The lowest BCUT2D eigenvalue weighted by Gasteiger charge is -2.09. The van der Waals surface area contributed by atoms with Crippen LogP contribution in [-0.4, -0.2) is 27.1 Å². The van der Waals surface area contributed by atoms with Gasteiger partial charge in [0.25, 0.3) is 0 Å². The first-order valence-electron chi connectivity index (χ1n) is 9.27. The van der Waals surface area contributed by atoms with Crippen molar-refractivity contribution in [1.82, 2.24) is 4.68 Å². The summed E-state index contributed by atoms with van der Waals surface area (Å²) in [5.41, 5.74) is 6.55. The molecule has 0 bridgehead atoms. The number of aromatic nitrogens is 1. The molecule has 0 fully saturated rings. The zero-order valence-corrected chi connectivity index (χ0v) is 17.9. The van der Waals surface area contributed by atoms with Crippen molar-refractivity contribution in [3.8, 4) is 22.8 Å². The van der Waals surface area contributed by atoms with Gasteiger partial charge in [-0.2, -0.15) is 5.10 Å². The molecule has 150 valence electrons. The van der Waals surface area contributed by atoms with Crippen LogP contribution in [-0.2, 0) is 0 Å². The van der Waals surface area contributed by atoms with Crippen LogP contribution in [0.25, 0.3) is 11.3 Å². The Morgan fingerprint density at radius 2 is 1.83 bits per heavy atom. The van der Waals surface area contributed by atoms with Crippen molar-refractivity contribution in [3.05, 3.63) is 75.4 Å². The zero-order valence-electron chi connectivity index (χ0n) is 17.1. The lowest BCUT2D eigenvalue weighted by Crippen LogP contribution is -2.15. The molecular weight excluding hydrogens is 382 g/mol. The summed E-state index contributed by atoms with van der Waals surface area (Å²) in [4.78, 5) is 5.40. The van der Waals surface area contributed by atoms with Crippen LogP contribution in [0.15, 0.2) is 64.0 Å². The van der Waals surface area contributed by atoms with E-state index in [-0.39, 0.29) is 11.5 Å². The summed E-state index contributed by atoms with van der Waals surface area (Å²) < 4.78 is 1.80. The van der Waals surface area contributed by atoms with Gasteiger partial charge in [-0.3, -0.25) is 4.99 Å². The van der Waals surface area contributed by atoms with Gasteiger partial charge in [0, 0.05) is 22.6 Å². The second-order valence-electron chi connectivity index (χ2n) is 7.17. The van der Waals surface area contributed by atoms with E-state index in [1.54, 1.807) is 10.7 Å². The van der Waals surface area contributed by atoms with Crippen LogP contribution in [0.2, 0.25) is 0 Å². The highest BCUT2D eigenvalue weighted by Gasteiger charge is 2.11. The van der Waals surface area contributed by atoms with E-state index in [0.29, 0.717) is 17.8 Å². The van der Waals surface area contributed by atoms with Gasteiger partial charge in [-0.25, -0.2) is 4.68 Å². The Morgan fingerprint density at radius 3 is 2.48 bits per heavy atom. The summed E-state index contributed by atoms with van der Waals surface area (Å²) in [6, 6.07) is 10.8. The first-order valence-corrected chi connectivity index (χ1v) is 10.1. The molecule has 0 saturated heterocycles. The Hall–Kier alpha value is -3.12. The van der Waals surface area contributed by atoms with Crippen molar-refractivity contribution in [1.29, 1.82) is 0 Å². The number of aryl methyl sites for hydroxylation is 2. The van der Waals surface area contributed by atoms with E-state index in [2.05, 4.69) is 43.6 Å². The van der Waals surface area contributed by atoms with Gasteiger partial charge in [-0.05, 0) is 57.0 Å². The molecular formula is C23H25N3O2S. The van der Waals surface area contributed by atoms with Crippen LogP contribution >= 0.6 is 11.3 Å². The monoisotopic (exact) mass is 407 g/mol. The van der Waals surface area contributed by atoms with Crippen LogP contribution in [0.3, 0.4) is 0 Å². The maximum Gasteiger partial charge on any atom is 0.206 e. The van der Waals surface area contributed by atoms with E-state index in [1.165, 1.54) is 34.6 Å². The van der Waals surface area contributed by atoms with E-state index >= 15 is 0 Å². The highest BCUT2D eigenvalue weighted by Crippen LogP contribution is 2.25. The van der Waals surface area contributed by atoms with Crippen molar-refractivity contribution in [2.45, 2.75) is 27.7 Å². The summed E-state index contributed by atoms with van der Waals surface area (Å²) >= 11 is 1.51. The van der Waals surface area contributed by atoms with Crippen molar-refractivity contribution in [3.63, 3.8) is 0 Å². The number of rotatable bonds is 5. The number of hydrogen-bond donors (Lipinski definition) is 2.